The van der Waals surface area contributed by atoms with Crippen molar-refractivity contribution in [2.45, 2.75) is 19.8 Å². The first-order chi connectivity index (χ1) is 4.27. The van der Waals surface area contributed by atoms with Crippen LogP contribution >= 0.6 is 6.26 Å². The summed E-state index contributed by atoms with van der Waals surface area (Å²) in [6.07, 6.45) is 3.75. The van der Waals surface area contributed by atoms with E-state index in [4.69, 9.17) is 16.3 Å². The van der Waals surface area contributed by atoms with Gasteiger partial charge in [-0.05, 0) is 32.1 Å². The van der Waals surface area contributed by atoms with Gasteiger partial charge < -0.3 is 4.52 Å². The van der Waals surface area contributed by atoms with Crippen molar-refractivity contribution in [2.24, 2.45) is 0 Å². The predicted octanol–water partition coefficient (Wildman–Crippen LogP) is 2.21. The summed E-state index contributed by atoms with van der Waals surface area (Å²) in [4.78, 5) is 0. The Bertz CT molecular complexity index is 125. The molecule has 1 nitrogen and oxygen atoms in total. The zero-order chi connectivity index (χ0) is 6.74. The Hall–Kier alpha value is 0.610. The highest BCUT2D eigenvalue weighted by atomic mass is 32.4. The van der Waals surface area contributed by atoms with Crippen LogP contribution in [0.4, 0.5) is 0 Å². The normalized spacial score (nSPS) is 24.6. The van der Waals surface area contributed by atoms with Gasteiger partial charge in [0.2, 0.25) is 0 Å². The standard InChI is InChI=1S/C6H13OPS/c1-2-7-8(9)5-3-4-6-8/h2-6H2,1H3. The average molecular weight is 164 g/mol. The quantitative estimate of drug-likeness (QED) is 0.579. The fraction of sp³-hybridized carbons (Fsp3) is 1.00. The summed E-state index contributed by atoms with van der Waals surface area (Å²) >= 11 is 5.35. The SMILES string of the molecule is CCOP1(=S)CCCC1. The van der Waals surface area contributed by atoms with E-state index in [0.29, 0.717) is 0 Å². The van der Waals surface area contributed by atoms with Gasteiger partial charge in [0, 0.05) is 6.61 Å². The second-order valence-corrected chi connectivity index (χ2v) is 7.16. The van der Waals surface area contributed by atoms with Gasteiger partial charge in [0.1, 0.15) is 0 Å². The lowest BCUT2D eigenvalue weighted by molar-refractivity contribution is 0.379. The van der Waals surface area contributed by atoms with E-state index in [1.165, 1.54) is 25.2 Å². The summed E-state index contributed by atoms with van der Waals surface area (Å²) in [6.45, 7) is 2.85. The Morgan fingerprint density at radius 3 is 2.44 bits per heavy atom. The molecule has 0 N–H and O–H groups in total. The Labute approximate surface area is 61.9 Å². The predicted molar refractivity (Wildman–Crippen MR) is 44.9 cm³/mol. The molecule has 0 amide bonds. The first-order valence-electron chi connectivity index (χ1n) is 3.49. The molecule has 0 aromatic carbocycles. The molecule has 1 aliphatic heterocycles. The molecule has 9 heavy (non-hydrogen) atoms. The molecule has 1 saturated heterocycles. The van der Waals surface area contributed by atoms with Crippen LogP contribution in [0.1, 0.15) is 19.8 Å². The molecule has 3 heteroatoms. The molecule has 1 fully saturated rings. The molecule has 0 bridgehead atoms. The smallest absolute Gasteiger partial charge is 0.0674 e. The summed E-state index contributed by atoms with van der Waals surface area (Å²) in [5.74, 6) is 0. The molecule has 0 atom stereocenters. The van der Waals surface area contributed by atoms with Crippen molar-refractivity contribution in [2.75, 3.05) is 18.9 Å². The van der Waals surface area contributed by atoms with Gasteiger partial charge in [-0.2, -0.15) is 0 Å². The summed E-state index contributed by atoms with van der Waals surface area (Å²) in [6, 6.07) is 0. The molecular formula is C6H13OPS. The molecule has 0 aliphatic carbocycles. The molecular weight excluding hydrogens is 151 g/mol. The second-order valence-electron chi connectivity index (χ2n) is 2.39. The van der Waals surface area contributed by atoms with Gasteiger partial charge in [-0.25, -0.2) is 0 Å². The van der Waals surface area contributed by atoms with Crippen LogP contribution in [-0.4, -0.2) is 18.9 Å². The maximum Gasteiger partial charge on any atom is 0.0674 e. The van der Waals surface area contributed by atoms with Crippen LogP contribution in [0.3, 0.4) is 0 Å². The van der Waals surface area contributed by atoms with Crippen LogP contribution in [0.25, 0.3) is 0 Å². The lowest BCUT2D eigenvalue weighted by atomic mass is 10.4. The monoisotopic (exact) mass is 164 g/mol. The minimum Gasteiger partial charge on any atom is -0.351 e. The highest BCUT2D eigenvalue weighted by Crippen LogP contribution is 2.53. The lowest BCUT2D eigenvalue weighted by Gasteiger charge is -2.13. The molecule has 1 heterocycles. The molecule has 0 spiro atoms. The Morgan fingerprint density at radius 1 is 1.44 bits per heavy atom. The average Bonchev–Trinajstić information content (AvgIpc) is 2.16. The first kappa shape index (κ1) is 7.71. The zero-order valence-electron chi connectivity index (χ0n) is 5.80. The number of rotatable bonds is 2. The summed E-state index contributed by atoms with van der Waals surface area (Å²) in [7, 11) is 0. The molecule has 0 saturated carbocycles. The molecule has 1 aliphatic rings. The van der Waals surface area contributed by atoms with Crippen molar-refractivity contribution >= 4 is 18.1 Å². The van der Waals surface area contributed by atoms with E-state index in [0.717, 1.165) is 6.61 Å². The lowest BCUT2D eigenvalue weighted by Crippen LogP contribution is -1.89. The maximum atomic E-state index is 5.52. The molecule has 0 radical (unpaired) electrons. The van der Waals surface area contributed by atoms with Gasteiger partial charge in [0.15, 0.2) is 0 Å². The van der Waals surface area contributed by atoms with Crippen molar-refractivity contribution in [3.05, 3.63) is 0 Å². The van der Waals surface area contributed by atoms with Crippen molar-refractivity contribution in [3.63, 3.8) is 0 Å². The van der Waals surface area contributed by atoms with Gasteiger partial charge >= 0.3 is 0 Å². The van der Waals surface area contributed by atoms with Gasteiger partial charge in [0.05, 0.1) is 6.26 Å². The van der Waals surface area contributed by atoms with Gasteiger partial charge in [-0.15, -0.1) is 0 Å². The molecule has 0 aromatic rings. The van der Waals surface area contributed by atoms with Crippen LogP contribution in [0.2, 0.25) is 0 Å². The van der Waals surface area contributed by atoms with Crippen LogP contribution in [0.5, 0.6) is 0 Å². The number of hydrogen-bond acceptors (Lipinski definition) is 2. The topological polar surface area (TPSA) is 9.23 Å². The van der Waals surface area contributed by atoms with E-state index in [2.05, 4.69) is 0 Å². The summed E-state index contributed by atoms with van der Waals surface area (Å²) < 4.78 is 5.52. The Balaban J connectivity index is 2.42. The van der Waals surface area contributed by atoms with E-state index in [-0.39, 0.29) is 0 Å². The zero-order valence-corrected chi connectivity index (χ0v) is 7.51. The van der Waals surface area contributed by atoms with Gasteiger partial charge in [0.25, 0.3) is 0 Å². The number of hydrogen-bond donors (Lipinski definition) is 0. The highest BCUT2D eigenvalue weighted by molar-refractivity contribution is 8.12. The van der Waals surface area contributed by atoms with E-state index < -0.39 is 6.26 Å². The van der Waals surface area contributed by atoms with Crippen molar-refractivity contribution in [1.29, 1.82) is 0 Å². The fourth-order valence-electron chi connectivity index (χ4n) is 1.18. The summed E-state index contributed by atoms with van der Waals surface area (Å²) in [5, 5.41) is 0. The fourth-order valence-corrected chi connectivity index (χ4v) is 4.64. The molecule has 1 rings (SSSR count). The summed E-state index contributed by atoms with van der Waals surface area (Å²) in [5.41, 5.74) is 0. The third kappa shape index (κ3) is 2.03. The molecule has 54 valence electrons. The third-order valence-corrected chi connectivity index (χ3v) is 5.75. The van der Waals surface area contributed by atoms with Crippen molar-refractivity contribution < 1.29 is 4.52 Å². The van der Waals surface area contributed by atoms with Crippen LogP contribution in [0.15, 0.2) is 0 Å². The van der Waals surface area contributed by atoms with E-state index in [9.17, 15) is 0 Å². The minimum atomic E-state index is -1.24. The maximum absolute atomic E-state index is 5.52. The van der Waals surface area contributed by atoms with Crippen molar-refractivity contribution in [1.82, 2.24) is 0 Å². The van der Waals surface area contributed by atoms with Gasteiger partial charge in [-0.3, -0.25) is 0 Å². The van der Waals surface area contributed by atoms with Gasteiger partial charge in [-0.1, -0.05) is 11.8 Å². The highest BCUT2D eigenvalue weighted by Gasteiger charge is 2.21. The third-order valence-electron chi connectivity index (χ3n) is 1.61. The molecule has 0 unspecified atom stereocenters. The van der Waals surface area contributed by atoms with E-state index in [1.807, 2.05) is 6.92 Å². The van der Waals surface area contributed by atoms with E-state index in [1.54, 1.807) is 0 Å². The Kier molecular flexibility index (Phi) is 2.69. The van der Waals surface area contributed by atoms with Crippen LogP contribution < -0.4 is 0 Å². The van der Waals surface area contributed by atoms with Crippen LogP contribution in [-0.2, 0) is 16.3 Å². The second kappa shape index (κ2) is 3.14. The largest absolute Gasteiger partial charge is 0.351 e. The molecule has 0 aromatic heterocycles. The Morgan fingerprint density at radius 2 is 2.00 bits per heavy atom. The van der Waals surface area contributed by atoms with Crippen molar-refractivity contribution in [3.8, 4) is 0 Å². The minimum absolute atomic E-state index is 0.817. The first-order valence-corrected chi connectivity index (χ1v) is 6.58. The van der Waals surface area contributed by atoms with E-state index >= 15 is 0 Å². The van der Waals surface area contributed by atoms with Crippen LogP contribution in [0, 0.1) is 0 Å².